The van der Waals surface area contributed by atoms with Crippen LogP contribution in [-0.2, 0) is 9.53 Å². The standard InChI is InChI=1S/C15H17NO3/c1-11-4-5-12(3-2-7-17)9-14(11)16-15(18)13-6-8-19-10-13/h4-5,9,13,17H,6-8,10H2,1H3,(H,16,18). The summed E-state index contributed by atoms with van der Waals surface area (Å²) in [4.78, 5) is 12.0. The van der Waals surface area contributed by atoms with Crippen molar-refractivity contribution in [3.8, 4) is 11.8 Å². The fourth-order valence-corrected chi connectivity index (χ4v) is 1.95. The summed E-state index contributed by atoms with van der Waals surface area (Å²) in [5.74, 6) is 5.35. The highest BCUT2D eigenvalue weighted by Crippen LogP contribution is 2.20. The average molecular weight is 259 g/mol. The second-order valence-corrected chi connectivity index (χ2v) is 4.54. The van der Waals surface area contributed by atoms with Gasteiger partial charge >= 0.3 is 0 Å². The van der Waals surface area contributed by atoms with Crippen LogP contribution in [0.2, 0.25) is 0 Å². The number of aryl methyl sites for hydroxylation is 1. The quantitative estimate of drug-likeness (QED) is 0.787. The lowest BCUT2D eigenvalue weighted by Gasteiger charge is -2.12. The molecule has 1 saturated heterocycles. The van der Waals surface area contributed by atoms with Crippen LogP contribution in [0.25, 0.3) is 0 Å². The second-order valence-electron chi connectivity index (χ2n) is 4.54. The molecule has 0 aliphatic carbocycles. The maximum absolute atomic E-state index is 12.0. The topological polar surface area (TPSA) is 58.6 Å². The number of amides is 1. The van der Waals surface area contributed by atoms with Crippen LogP contribution < -0.4 is 5.32 Å². The normalized spacial score (nSPS) is 17.7. The van der Waals surface area contributed by atoms with Gasteiger partial charge in [-0.3, -0.25) is 4.79 Å². The van der Waals surface area contributed by atoms with Crippen LogP contribution in [0.15, 0.2) is 18.2 Å². The van der Waals surface area contributed by atoms with Crippen LogP contribution in [0.1, 0.15) is 17.5 Å². The summed E-state index contributed by atoms with van der Waals surface area (Å²) in [6, 6.07) is 5.60. The molecule has 1 aromatic rings. The summed E-state index contributed by atoms with van der Waals surface area (Å²) >= 11 is 0. The summed E-state index contributed by atoms with van der Waals surface area (Å²) in [5.41, 5.74) is 2.53. The van der Waals surface area contributed by atoms with Crippen molar-refractivity contribution in [1.82, 2.24) is 0 Å². The second kappa shape index (κ2) is 6.37. The monoisotopic (exact) mass is 259 g/mol. The van der Waals surface area contributed by atoms with E-state index in [0.29, 0.717) is 13.2 Å². The molecular weight excluding hydrogens is 242 g/mol. The van der Waals surface area contributed by atoms with E-state index in [-0.39, 0.29) is 18.4 Å². The number of anilines is 1. The lowest BCUT2D eigenvalue weighted by Crippen LogP contribution is -2.23. The third kappa shape index (κ3) is 3.57. The molecule has 2 rings (SSSR count). The molecule has 1 atom stereocenters. The molecule has 0 saturated carbocycles. The smallest absolute Gasteiger partial charge is 0.229 e. The SMILES string of the molecule is Cc1ccc(C#CCO)cc1NC(=O)C1CCOC1. The van der Waals surface area contributed by atoms with Crippen molar-refractivity contribution in [3.63, 3.8) is 0 Å². The first kappa shape index (κ1) is 13.6. The number of carbonyl (C=O) groups excluding carboxylic acids is 1. The first-order valence-electron chi connectivity index (χ1n) is 6.29. The Morgan fingerprint density at radius 1 is 1.58 bits per heavy atom. The van der Waals surface area contributed by atoms with E-state index in [0.717, 1.165) is 23.2 Å². The van der Waals surface area contributed by atoms with E-state index in [9.17, 15) is 4.79 Å². The maximum Gasteiger partial charge on any atom is 0.229 e. The highest BCUT2D eigenvalue weighted by molar-refractivity contribution is 5.93. The van der Waals surface area contributed by atoms with E-state index in [1.165, 1.54) is 0 Å². The molecule has 1 aliphatic heterocycles. The van der Waals surface area contributed by atoms with E-state index < -0.39 is 0 Å². The van der Waals surface area contributed by atoms with Crippen molar-refractivity contribution in [1.29, 1.82) is 0 Å². The van der Waals surface area contributed by atoms with E-state index in [4.69, 9.17) is 9.84 Å². The van der Waals surface area contributed by atoms with Gasteiger partial charge in [0.05, 0.1) is 12.5 Å². The first-order chi connectivity index (χ1) is 9.20. The number of benzene rings is 1. The minimum absolute atomic E-state index is 0.00660. The molecule has 1 heterocycles. The highest BCUT2D eigenvalue weighted by Gasteiger charge is 2.23. The molecule has 4 nitrogen and oxygen atoms in total. The first-order valence-corrected chi connectivity index (χ1v) is 6.29. The molecule has 0 bridgehead atoms. The van der Waals surface area contributed by atoms with Gasteiger partial charge in [-0.1, -0.05) is 17.9 Å². The predicted molar refractivity (Wildman–Crippen MR) is 72.7 cm³/mol. The number of hydrogen-bond acceptors (Lipinski definition) is 3. The Bertz CT molecular complexity index is 522. The van der Waals surface area contributed by atoms with Gasteiger partial charge in [0.2, 0.25) is 5.91 Å². The minimum Gasteiger partial charge on any atom is -0.384 e. The highest BCUT2D eigenvalue weighted by atomic mass is 16.5. The Morgan fingerprint density at radius 2 is 2.42 bits per heavy atom. The molecule has 19 heavy (non-hydrogen) atoms. The Morgan fingerprint density at radius 3 is 3.11 bits per heavy atom. The van der Waals surface area contributed by atoms with Gasteiger partial charge in [-0.15, -0.1) is 0 Å². The zero-order valence-corrected chi connectivity index (χ0v) is 10.9. The van der Waals surface area contributed by atoms with E-state index in [2.05, 4.69) is 17.2 Å². The Balaban J connectivity index is 2.12. The van der Waals surface area contributed by atoms with E-state index in [1.54, 1.807) is 0 Å². The van der Waals surface area contributed by atoms with Gasteiger partial charge in [-0.2, -0.15) is 0 Å². The number of ether oxygens (including phenoxy) is 1. The molecule has 1 unspecified atom stereocenters. The average Bonchev–Trinajstić information content (AvgIpc) is 2.93. The van der Waals surface area contributed by atoms with Crippen molar-refractivity contribution in [2.24, 2.45) is 5.92 Å². The molecule has 2 N–H and O–H groups in total. The van der Waals surface area contributed by atoms with Gasteiger partial charge in [-0.05, 0) is 31.0 Å². The van der Waals surface area contributed by atoms with Gasteiger partial charge < -0.3 is 15.2 Å². The van der Waals surface area contributed by atoms with Crippen LogP contribution in [0.5, 0.6) is 0 Å². The number of carbonyl (C=O) groups is 1. The molecular formula is C15H17NO3. The molecule has 1 fully saturated rings. The molecule has 0 spiro atoms. The van der Waals surface area contributed by atoms with Crippen LogP contribution in [-0.4, -0.2) is 30.8 Å². The van der Waals surface area contributed by atoms with Gasteiger partial charge in [0.15, 0.2) is 0 Å². The van der Waals surface area contributed by atoms with E-state index >= 15 is 0 Å². The summed E-state index contributed by atoms with van der Waals surface area (Å²) in [6.07, 6.45) is 0.773. The van der Waals surface area contributed by atoms with Gasteiger partial charge in [0.1, 0.15) is 6.61 Å². The molecule has 0 radical (unpaired) electrons. The molecule has 100 valence electrons. The lowest BCUT2D eigenvalue weighted by atomic mass is 10.1. The fourth-order valence-electron chi connectivity index (χ4n) is 1.95. The van der Waals surface area contributed by atoms with Crippen molar-refractivity contribution in [2.45, 2.75) is 13.3 Å². The van der Waals surface area contributed by atoms with Gasteiger partial charge in [0, 0.05) is 17.9 Å². The van der Waals surface area contributed by atoms with Crippen molar-refractivity contribution < 1.29 is 14.6 Å². The Hall–Kier alpha value is -1.83. The van der Waals surface area contributed by atoms with Gasteiger partial charge in [0.25, 0.3) is 0 Å². The van der Waals surface area contributed by atoms with Crippen molar-refractivity contribution in [3.05, 3.63) is 29.3 Å². The summed E-state index contributed by atoms with van der Waals surface area (Å²) in [6.45, 7) is 2.91. The number of nitrogens with one attached hydrogen (secondary N) is 1. The molecule has 1 amide bonds. The fraction of sp³-hybridized carbons (Fsp3) is 0.400. The Labute approximate surface area is 112 Å². The lowest BCUT2D eigenvalue weighted by molar-refractivity contribution is -0.119. The number of aliphatic hydroxyl groups is 1. The third-order valence-corrected chi connectivity index (χ3v) is 3.11. The predicted octanol–water partition coefficient (Wildman–Crippen LogP) is 1.31. The van der Waals surface area contributed by atoms with Crippen LogP contribution in [0, 0.1) is 24.7 Å². The van der Waals surface area contributed by atoms with Crippen molar-refractivity contribution in [2.75, 3.05) is 25.1 Å². The zero-order valence-electron chi connectivity index (χ0n) is 10.9. The summed E-state index contributed by atoms with van der Waals surface area (Å²) < 4.78 is 5.21. The summed E-state index contributed by atoms with van der Waals surface area (Å²) in [5, 5.41) is 11.6. The number of rotatable bonds is 2. The zero-order chi connectivity index (χ0) is 13.7. The van der Waals surface area contributed by atoms with Crippen LogP contribution in [0.4, 0.5) is 5.69 Å². The third-order valence-electron chi connectivity index (χ3n) is 3.11. The van der Waals surface area contributed by atoms with E-state index in [1.807, 2.05) is 25.1 Å². The molecule has 0 aromatic heterocycles. The molecule has 1 aliphatic rings. The molecule has 1 aromatic carbocycles. The number of hydrogen-bond donors (Lipinski definition) is 2. The Kier molecular flexibility index (Phi) is 4.56. The van der Waals surface area contributed by atoms with Crippen LogP contribution >= 0.6 is 0 Å². The van der Waals surface area contributed by atoms with Crippen LogP contribution in [0.3, 0.4) is 0 Å². The minimum atomic E-state index is -0.172. The largest absolute Gasteiger partial charge is 0.384 e. The number of aliphatic hydroxyl groups excluding tert-OH is 1. The maximum atomic E-state index is 12.0. The summed E-state index contributed by atoms with van der Waals surface area (Å²) in [7, 11) is 0. The van der Waals surface area contributed by atoms with Crippen molar-refractivity contribution >= 4 is 11.6 Å². The van der Waals surface area contributed by atoms with Gasteiger partial charge in [-0.25, -0.2) is 0 Å². The molecule has 4 heteroatoms.